The van der Waals surface area contributed by atoms with Gasteiger partial charge in [-0.05, 0) is 44.5 Å². The van der Waals surface area contributed by atoms with Gasteiger partial charge in [0.1, 0.15) is 5.82 Å². The summed E-state index contributed by atoms with van der Waals surface area (Å²) >= 11 is 0. The van der Waals surface area contributed by atoms with E-state index in [1.54, 1.807) is 21.9 Å². The van der Waals surface area contributed by atoms with Crippen molar-refractivity contribution in [3.63, 3.8) is 0 Å². The minimum Gasteiger partial charge on any atom is -0.325 e. The summed E-state index contributed by atoms with van der Waals surface area (Å²) in [5, 5.41) is 0. The molecule has 1 fully saturated rings. The number of benzene rings is 1. The van der Waals surface area contributed by atoms with Gasteiger partial charge in [-0.3, -0.25) is 4.90 Å². The van der Waals surface area contributed by atoms with Gasteiger partial charge in [0.2, 0.25) is 0 Å². The van der Waals surface area contributed by atoms with E-state index in [1.165, 1.54) is 12.1 Å². The lowest BCUT2D eigenvalue weighted by molar-refractivity contribution is 0.216. The van der Waals surface area contributed by atoms with Gasteiger partial charge in [0.15, 0.2) is 0 Å². The first kappa shape index (κ1) is 13.8. The third-order valence-electron chi connectivity index (χ3n) is 3.26. The number of hydrogen-bond acceptors (Lipinski definition) is 2. The summed E-state index contributed by atoms with van der Waals surface area (Å²) in [6.07, 6.45) is 0.760. The highest BCUT2D eigenvalue weighted by Crippen LogP contribution is 2.21. The molecule has 19 heavy (non-hydrogen) atoms. The van der Waals surface area contributed by atoms with Gasteiger partial charge >= 0.3 is 6.03 Å². The minimum absolute atomic E-state index is 0.0316. The molecule has 4 nitrogen and oxygen atoms in total. The smallest absolute Gasteiger partial charge is 0.324 e. The molecule has 0 spiro atoms. The molecule has 0 radical (unpaired) electrons. The molecule has 2 N–H and O–H groups in total. The number of carbonyl (C=O) groups is 1. The lowest BCUT2D eigenvalue weighted by Gasteiger charge is -2.23. The molecule has 1 aliphatic heterocycles. The molecule has 2 rings (SSSR count). The predicted molar refractivity (Wildman–Crippen MR) is 73.6 cm³/mol. The van der Waals surface area contributed by atoms with Gasteiger partial charge in [0.25, 0.3) is 0 Å². The Hall–Kier alpha value is -1.62. The zero-order chi connectivity index (χ0) is 14.0. The monoisotopic (exact) mass is 265 g/mol. The van der Waals surface area contributed by atoms with E-state index in [4.69, 9.17) is 5.73 Å². The summed E-state index contributed by atoms with van der Waals surface area (Å²) in [6, 6.07) is 5.96. The first-order valence-electron chi connectivity index (χ1n) is 6.48. The number of urea groups is 1. The van der Waals surface area contributed by atoms with Gasteiger partial charge in [0.05, 0.1) is 0 Å². The number of rotatable bonds is 4. The van der Waals surface area contributed by atoms with Gasteiger partial charge < -0.3 is 10.6 Å². The number of halogens is 1. The summed E-state index contributed by atoms with van der Waals surface area (Å²) < 4.78 is 12.9. The Kier molecular flexibility index (Phi) is 3.75. The van der Waals surface area contributed by atoms with Crippen LogP contribution in [0.1, 0.15) is 20.3 Å². The molecule has 2 amide bonds. The average Bonchev–Trinajstić information content (AvgIpc) is 2.68. The Morgan fingerprint density at radius 2 is 1.89 bits per heavy atom. The van der Waals surface area contributed by atoms with Crippen molar-refractivity contribution in [3.05, 3.63) is 30.1 Å². The predicted octanol–water partition coefficient (Wildman–Crippen LogP) is 2.20. The number of amides is 2. The van der Waals surface area contributed by atoms with Crippen molar-refractivity contribution < 1.29 is 9.18 Å². The first-order valence-corrected chi connectivity index (χ1v) is 6.48. The molecule has 1 aromatic rings. The molecule has 0 saturated carbocycles. The molecule has 0 aromatic heterocycles. The van der Waals surface area contributed by atoms with Crippen molar-refractivity contribution in [1.29, 1.82) is 0 Å². The van der Waals surface area contributed by atoms with E-state index in [9.17, 15) is 9.18 Å². The van der Waals surface area contributed by atoms with E-state index >= 15 is 0 Å². The normalized spacial score (nSPS) is 16.3. The Balaban J connectivity index is 2.00. The zero-order valence-corrected chi connectivity index (χ0v) is 11.4. The van der Waals surface area contributed by atoms with Crippen molar-refractivity contribution in [1.82, 2.24) is 4.90 Å². The summed E-state index contributed by atoms with van der Waals surface area (Å²) in [4.78, 5) is 15.7. The molecular weight excluding hydrogens is 245 g/mol. The second-order valence-electron chi connectivity index (χ2n) is 5.64. The standard InChI is InChI=1S/C14H20FN3O/c1-14(2,16)7-8-17-9-10-18(13(17)19)12-5-3-11(15)4-6-12/h3-6H,7-10,16H2,1-2H3. The van der Waals surface area contributed by atoms with Gasteiger partial charge in [0, 0.05) is 30.9 Å². The molecule has 5 heteroatoms. The number of hydrogen-bond donors (Lipinski definition) is 1. The van der Waals surface area contributed by atoms with E-state index in [-0.39, 0.29) is 17.4 Å². The largest absolute Gasteiger partial charge is 0.325 e. The third kappa shape index (κ3) is 3.44. The summed E-state index contributed by atoms with van der Waals surface area (Å²) in [5.74, 6) is -0.294. The molecule has 1 heterocycles. The molecule has 0 bridgehead atoms. The van der Waals surface area contributed by atoms with Gasteiger partial charge in [-0.15, -0.1) is 0 Å². The second kappa shape index (κ2) is 5.17. The lowest BCUT2D eigenvalue weighted by Crippen LogP contribution is -2.39. The maximum Gasteiger partial charge on any atom is 0.324 e. The van der Waals surface area contributed by atoms with E-state index < -0.39 is 0 Å². The van der Waals surface area contributed by atoms with Crippen LogP contribution in [0.2, 0.25) is 0 Å². The fourth-order valence-electron chi connectivity index (χ4n) is 2.07. The highest BCUT2D eigenvalue weighted by molar-refractivity contribution is 5.94. The average molecular weight is 265 g/mol. The fraction of sp³-hybridized carbons (Fsp3) is 0.500. The van der Waals surface area contributed by atoms with Crippen LogP contribution in [0.15, 0.2) is 24.3 Å². The van der Waals surface area contributed by atoms with Crippen LogP contribution in [0.5, 0.6) is 0 Å². The minimum atomic E-state index is -0.294. The highest BCUT2D eigenvalue weighted by Gasteiger charge is 2.30. The van der Waals surface area contributed by atoms with Gasteiger partial charge in [-0.25, -0.2) is 9.18 Å². The molecule has 0 atom stereocenters. The van der Waals surface area contributed by atoms with Crippen LogP contribution < -0.4 is 10.6 Å². The van der Waals surface area contributed by atoms with Crippen molar-refractivity contribution in [2.75, 3.05) is 24.5 Å². The maximum atomic E-state index is 12.9. The van der Waals surface area contributed by atoms with Gasteiger partial charge in [-0.1, -0.05) is 0 Å². The summed E-state index contributed by atoms with van der Waals surface area (Å²) in [7, 11) is 0. The van der Waals surface area contributed by atoms with Crippen LogP contribution in [0.4, 0.5) is 14.9 Å². The zero-order valence-electron chi connectivity index (χ0n) is 11.4. The lowest BCUT2D eigenvalue weighted by atomic mass is 10.0. The molecule has 0 unspecified atom stereocenters. The van der Waals surface area contributed by atoms with Crippen molar-refractivity contribution >= 4 is 11.7 Å². The number of nitrogens with zero attached hydrogens (tertiary/aromatic N) is 2. The first-order chi connectivity index (χ1) is 8.87. The Labute approximate surface area is 113 Å². The fourth-order valence-corrected chi connectivity index (χ4v) is 2.07. The Morgan fingerprint density at radius 1 is 1.26 bits per heavy atom. The second-order valence-corrected chi connectivity index (χ2v) is 5.64. The SMILES string of the molecule is CC(C)(N)CCN1CCN(c2ccc(F)cc2)C1=O. The van der Waals surface area contributed by atoms with Crippen LogP contribution in [0.3, 0.4) is 0 Å². The topological polar surface area (TPSA) is 49.6 Å². The van der Waals surface area contributed by atoms with Crippen molar-refractivity contribution in [3.8, 4) is 0 Å². The summed E-state index contributed by atoms with van der Waals surface area (Å²) in [5.41, 5.74) is 6.39. The molecule has 1 aromatic carbocycles. The van der Waals surface area contributed by atoms with Crippen LogP contribution in [0, 0.1) is 5.82 Å². The number of nitrogens with two attached hydrogens (primary N) is 1. The van der Waals surface area contributed by atoms with Crippen molar-refractivity contribution in [2.45, 2.75) is 25.8 Å². The maximum absolute atomic E-state index is 12.9. The van der Waals surface area contributed by atoms with Crippen molar-refractivity contribution in [2.24, 2.45) is 5.73 Å². The van der Waals surface area contributed by atoms with Crippen LogP contribution in [-0.2, 0) is 0 Å². The molecule has 1 aliphatic rings. The molecule has 0 aliphatic carbocycles. The van der Waals surface area contributed by atoms with E-state index in [1.807, 2.05) is 13.8 Å². The van der Waals surface area contributed by atoms with E-state index in [0.717, 1.165) is 12.1 Å². The highest BCUT2D eigenvalue weighted by atomic mass is 19.1. The molecular formula is C14H20FN3O. The van der Waals surface area contributed by atoms with E-state index in [2.05, 4.69) is 0 Å². The number of anilines is 1. The number of carbonyl (C=O) groups excluding carboxylic acids is 1. The van der Waals surface area contributed by atoms with E-state index in [0.29, 0.717) is 19.6 Å². The van der Waals surface area contributed by atoms with Crippen LogP contribution in [0.25, 0.3) is 0 Å². The Morgan fingerprint density at radius 3 is 2.47 bits per heavy atom. The molecule has 1 saturated heterocycles. The Bertz CT molecular complexity index is 453. The van der Waals surface area contributed by atoms with Crippen LogP contribution in [-0.4, -0.2) is 36.1 Å². The van der Waals surface area contributed by atoms with Gasteiger partial charge in [-0.2, -0.15) is 0 Å². The van der Waals surface area contributed by atoms with Crippen LogP contribution >= 0.6 is 0 Å². The quantitative estimate of drug-likeness (QED) is 0.907. The summed E-state index contributed by atoms with van der Waals surface area (Å²) in [6.45, 7) is 5.87. The molecule has 104 valence electrons. The third-order valence-corrected chi connectivity index (χ3v) is 3.26.